The van der Waals surface area contributed by atoms with Crippen LogP contribution in [-0.2, 0) is 28.4 Å². The van der Waals surface area contributed by atoms with Crippen LogP contribution in [-0.4, -0.2) is 105 Å². The number of rotatable bonds is 15. The summed E-state index contributed by atoms with van der Waals surface area (Å²) in [5.74, 6) is 0. The third-order valence-electron chi connectivity index (χ3n) is 4.29. The summed E-state index contributed by atoms with van der Waals surface area (Å²) in [6.07, 6.45) is -1.24. The third-order valence-corrected chi connectivity index (χ3v) is 4.29. The second-order valence-corrected chi connectivity index (χ2v) is 6.95. The molecule has 27 heavy (non-hydrogen) atoms. The summed E-state index contributed by atoms with van der Waals surface area (Å²) in [6.45, 7) is 4.58. The summed E-state index contributed by atoms with van der Waals surface area (Å²) in [7, 11) is 0. The van der Waals surface area contributed by atoms with Gasteiger partial charge in [0.1, 0.15) is 24.4 Å². The summed E-state index contributed by atoms with van der Waals surface area (Å²) in [5.41, 5.74) is 0. The van der Waals surface area contributed by atoms with Crippen molar-refractivity contribution in [2.75, 3.05) is 52.9 Å². The number of hydrogen-bond donors (Lipinski definition) is 3. The minimum Gasteiger partial charge on any atom is -0.388 e. The number of unbranched alkanes of at least 4 members (excludes halogenated alkanes) is 1. The summed E-state index contributed by atoms with van der Waals surface area (Å²) in [6, 6.07) is 0. The molecule has 2 aliphatic rings. The van der Waals surface area contributed by atoms with Gasteiger partial charge < -0.3 is 43.7 Å². The second-order valence-electron chi connectivity index (χ2n) is 6.95. The van der Waals surface area contributed by atoms with E-state index in [1.165, 1.54) is 0 Å². The van der Waals surface area contributed by atoms with Gasteiger partial charge in [0.05, 0.1) is 52.4 Å². The molecule has 6 atom stereocenters. The molecule has 160 valence electrons. The molecular weight excluding hydrogens is 360 g/mol. The first-order chi connectivity index (χ1) is 13.1. The Bertz CT molecular complexity index is 380. The van der Waals surface area contributed by atoms with Crippen molar-refractivity contribution >= 4 is 0 Å². The Labute approximate surface area is 160 Å². The minimum atomic E-state index is -1.14. The molecule has 2 fully saturated rings. The van der Waals surface area contributed by atoms with Crippen LogP contribution >= 0.6 is 0 Å². The highest BCUT2D eigenvalue weighted by Crippen LogP contribution is 2.20. The maximum atomic E-state index is 10.0. The Kier molecular flexibility index (Phi) is 11.0. The zero-order chi connectivity index (χ0) is 19.5. The van der Waals surface area contributed by atoms with Crippen LogP contribution in [0.25, 0.3) is 0 Å². The average molecular weight is 394 g/mol. The molecule has 0 aromatic rings. The number of aliphatic hydroxyl groups excluding tert-OH is 3. The van der Waals surface area contributed by atoms with Crippen LogP contribution in [0.4, 0.5) is 0 Å². The lowest BCUT2D eigenvalue weighted by atomic mass is 10.1. The Balaban J connectivity index is 1.64. The largest absolute Gasteiger partial charge is 0.388 e. The predicted molar refractivity (Wildman–Crippen MR) is 94.4 cm³/mol. The van der Waals surface area contributed by atoms with Crippen molar-refractivity contribution in [2.45, 2.75) is 63.0 Å². The van der Waals surface area contributed by atoms with Gasteiger partial charge in [-0.2, -0.15) is 0 Å². The molecule has 0 bridgehead atoms. The Morgan fingerprint density at radius 2 is 1.70 bits per heavy atom. The maximum absolute atomic E-state index is 10.0. The molecule has 0 saturated carbocycles. The van der Waals surface area contributed by atoms with Crippen LogP contribution < -0.4 is 0 Å². The summed E-state index contributed by atoms with van der Waals surface area (Å²) in [4.78, 5) is 0. The number of epoxide rings is 1. The molecule has 0 aromatic carbocycles. The van der Waals surface area contributed by atoms with Crippen molar-refractivity contribution < 1.29 is 43.7 Å². The zero-order valence-electron chi connectivity index (χ0n) is 16.0. The van der Waals surface area contributed by atoms with Crippen molar-refractivity contribution in [3.05, 3.63) is 0 Å². The van der Waals surface area contributed by atoms with Crippen molar-refractivity contribution in [3.8, 4) is 0 Å². The second kappa shape index (κ2) is 13.0. The fourth-order valence-corrected chi connectivity index (χ4v) is 2.63. The van der Waals surface area contributed by atoms with E-state index in [1.54, 1.807) is 0 Å². The van der Waals surface area contributed by atoms with E-state index in [4.69, 9.17) is 28.4 Å². The number of ether oxygens (including phenoxy) is 6. The topological polar surface area (TPSA) is 119 Å². The molecule has 9 nitrogen and oxygen atoms in total. The van der Waals surface area contributed by atoms with Crippen molar-refractivity contribution in [3.63, 3.8) is 0 Å². The molecule has 2 rings (SSSR count). The van der Waals surface area contributed by atoms with Gasteiger partial charge in [-0.15, -0.1) is 0 Å². The monoisotopic (exact) mass is 394 g/mol. The molecule has 2 saturated heterocycles. The van der Waals surface area contributed by atoms with E-state index in [-0.39, 0.29) is 32.5 Å². The Morgan fingerprint density at radius 3 is 2.41 bits per heavy atom. The lowest BCUT2D eigenvalue weighted by molar-refractivity contribution is -0.252. The molecule has 9 heteroatoms. The molecule has 0 amide bonds. The van der Waals surface area contributed by atoms with E-state index in [2.05, 4.69) is 6.92 Å². The van der Waals surface area contributed by atoms with Gasteiger partial charge in [0.25, 0.3) is 0 Å². The quantitative estimate of drug-likeness (QED) is 0.248. The van der Waals surface area contributed by atoms with Crippen molar-refractivity contribution in [1.29, 1.82) is 0 Å². The predicted octanol–water partition coefficient (Wildman–Crippen LogP) is -0.551. The molecule has 0 radical (unpaired) electrons. The molecule has 2 heterocycles. The van der Waals surface area contributed by atoms with Gasteiger partial charge in [0.15, 0.2) is 6.29 Å². The first-order valence-corrected chi connectivity index (χ1v) is 9.76. The molecule has 0 aliphatic carbocycles. The Hall–Kier alpha value is -0.360. The van der Waals surface area contributed by atoms with E-state index in [9.17, 15) is 15.3 Å². The van der Waals surface area contributed by atoms with E-state index in [0.29, 0.717) is 32.8 Å². The van der Waals surface area contributed by atoms with Gasteiger partial charge in [0.2, 0.25) is 0 Å². The van der Waals surface area contributed by atoms with Crippen molar-refractivity contribution in [2.24, 2.45) is 0 Å². The molecule has 0 aromatic heterocycles. The molecule has 5 unspecified atom stereocenters. The van der Waals surface area contributed by atoms with E-state index in [1.807, 2.05) is 0 Å². The fraction of sp³-hybridized carbons (Fsp3) is 1.00. The van der Waals surface area contributed by atoms with Gasteiger partial charge in [-0.1, -0.05) is 13.3 Å². The standard InChI is InChI=1S/C18H34O9/c1-2-3-5-22-7-13(19)10-27-17-16(4-6-24-18(17)21)26-9-14(20)8-23-11-15-12-25-15/h13-21H,2-12H2,1H3/t13?,14?,15?,16?,17?,18-/m1/s1. The SMILES string of the molecule is CCCCOCC(O)COC1C(OCC(O)COCC2CO2)CCO[C@H]1O. The van der Waals surface area contributed by atoms with Crippen LogP contribution in [0.5, 0.6) is 0 Å². The van der Waals surface area contributed by atoms with Gasteiger partial charge in [0, 0.05) is 6.61 Å². The van der Waals surface area contributed by atoms with Crippen molar-refractivity contribution in [1.82, 2.24) is 0 Å². The average Bonchev–Trinajstić information content (AvgIpc) is 3.47. The number of hydrogen-bond acceptors (Lipinski definition) is 9. The molecule has 3 N–H and O–H groups in total. The normalized spacial score (nSPS) is 30.2. The van der Waals surface area contributed by atoms with E-state index in [0.717, 1.165) is 12.8 Å². The van der Waals surface area contributed by atoms with Crippen LogP contribution in [0.15, 0.2) is 0 Å². The zero-order valence-corrected chi connectivity index (χ0v) is 16.0. The first-order valence-electron chi connectivity index (χ1n) is 9.76. The van der Waals surface area contributed by atoms with Crippen LogP contribution in [0.1, 0.15) is 26.2 Å². The Morgan fingerprint density at radius 1 is 1.00 bits per heavy atom. The minimum absolute atomic E-state index is 0.00409. The number of aliphatic hydroxyl groups is 3. The lowest BCUT2D eigenvalue weighted by Crippen LogP contribution is -2.49. The van der Waals surface area contributed by atoms with Crippen LogP contribution in [0.3, 0.4) is 0 Å². The first kappa shape index (κ1) is 22.9. The van der Waals surface area contributed by atoms with Crippen LogP contribution in [0.2, 0.25) is 0 Å². The van der Waals surface area contributed by atoms with Gasteiger partial charge in [-0.3, -0.25) is 0 Å². The maximum Gasteiger partial charge on any atom is 0.183 e. The smallest absolute Gasteiger partial charge is 0.183 e. The lowest BCUT2D eigenvalue weighted by Gasteiger charge is -2.35. The summed E-state index contributed by atoms with van der Waals surface area (Å²) < 4.78 is 32.3. The highest BCUT2D eigenvalue weighted by Gasteiger charge is 2.35. The van der Waals surface area contributed by atoms with Gasteiger partial charge in [-0.25, -0.2) is 0 Å². The van der Waals surface area contributed by atoms with E-state index >= 15 is 0 Å². The molecule has 0 spiro atoms. The highest BCUT2D eigenvalue weighted by molar-refractivity contribution is 4.79. The van der Waals surface area contributed by atoms with E-state index < -0.39 is 30.7 Å². The highest BCUT2D eigenvalue weighted by atomic mass is 16.7. The van der Waals surface area contributed by atoms with Crippen LogP contribution in [0, 0.1) is 0 Å². The van der Waals surface area contributed by atoms with Gasteiger partial charge >= 0.3 is 0 Å². The molecular formula is C18H34O9. The molecule has 2 aliphatic heterocycles. The third kappa shape index (κ3) is 9.60. The van der Waals surface area contributed by atoms with Gasteiger partial charge in [-0.05, 0) is 12.8 Å². The summed E-state index contributed by atoms with van der Waals surface area (Å²) in [5, 5.41) is 29.9. The summed E-state index contributed by atoms with van der Waals surface area (Å²) >= 11 is 0. The fourth-order valence-electron chi connectivity index (χ4n) is 2.63.